The molecule has 1 aliphatic rings. The molecule has 0 atom stereocenters. The first-order chi connectivity index (χ1) is 7.99. The summed E-state index contributed by atoms with van der Waals surface area (Å²) in [5, 5.41) is 3.32. The fourth-order valence-corrected chi connectivity index (χ4v) is 2.56. The second-order valence-electron chi connectivity index (χ2n) is 5.51. The van der Waals surface area contributed by atoms with Gasteiger partial charge in [-0.3, -0.25) is 0 Å². The highest BCUT2D eigenvalue weighted by Gasteiger charge is 2.29. The molecule has 92 valence electrons. The molecule has 0 amide bonds. The minimum atomic E-state index is -0.189. The fourth-order valence-electron chi connectivity index (χ4n) is 2.56. The molecular weight excluding hydrogens is 213 g/mol. The van der Waals surface area contributed by atoms with Crippen molar-refractivity contribution >= 4 is 5.69 Å². The van der Waals surface area contributed by atoms with Crippen LogP contribution in [-0.4, -0.2) is 6.54 Å². The summed E-state index contributed by atoms with van der Waals surface area (Å²) in [5.41, 5.74) is 4.10. The Morgan fingerprint density at radius 2 is 2.12 bits per heavy atom. The van der Waals surface area contributed by atoms with E-state index >= 15 is 0 Å². The number of nitrogens with one attached hydrogen (secondary N) is 1. The van der Waals surface area contributed by atoms with Gasteiger partial charge >= 0.3 is 0 Å². The predicted molar refractivity (Wildman–Crippen MR) is 70.6 cm³/mol. The smallest absolute Gasteiger partial charge is 0.125 e. The van der Waals surface area contributed by atoms with Gasteiger partial charge in [0.15, 0.2) is 0 Å². The van der Waals surface area contributed by atoms with Crippen LogP contribution in [0.3, 0.4) is 0 Å². The molecule has 0 saturated heterocycles. The normalized spacial score (nSPS) is 18.6. The molecule has 0 unspecified atom stereocenters. The Morgan fingerprint density at radius 1 is 1.35 bits per heavy atom. The molecule has 17 heavy (non-hydrogen) atoms. The van der Waals surface area contributed by atoms with Gasteiger partial charge in [-0.15, -0.1) is 0 Å². The van der Waals surface area contributed by atoms with Crippen LogP contribution in [0.1, 0.15) is 33.6 Å². The standard InChI is InChI=1S/C15H20FN/c1-11-7-8-15(2,3)14(11)10-17-13-6-4-5-12(16)9-13/h4-6,9,17H,7-8,10H2,1-3H3. The first kappa shape index (κ1) is 12.2. The lowest BCUT2D eigenvalue weighted by molar-refractivity contribution is 0.439. The van der Waals surface area contributed by atoms with E-state index in [2.05, 4.69) is 26.1 Å². The number of allylic oxidation sites excluding steroid dienone is 1. The lowest BCUT2D eigenvalue weighted by atomic mass is 9.85. The third kappa shape index (κ3) is 2.68. The van der Waals surface area contributed by atoms with Crippen molar-refractivity contribution < 1.29 is 4.39 Å². The molecule has 1 N–H and O–H groups in total. The average molecular weight is 233 g/mol. The van der Waals surface area contributed by atoms with Crippen molar-refractivity contribution in [2.45, 2.75) is 33.6 Å². The van der Waals surface area contributed by atoms with Gasteiger partial charge in [0.1, 0.15) is 5.82 Å². The first-order valence-electron chi connectivity index (χ1n) is 6.17. The summed E-state index contributed by atoms with van der Waals surface area (Å²) in [4.78, 5) is 0. The Bertz CT molecular complexity index is 446. The van der Waals surface area contributed by atoms with E-state index in [0.717, 1.165) is 12.2 Å². The zero-order valence-corrected chi connectivity index (χ0v) is 10.8. The van der Waals surface area contributed by atoms with Gasteiger partial charge in [0, 0.05) is 12.2 Å². The first-order valence-corrected chi connectivity index (χ1v) is 6.17. The molecule has 1 aliphatic carbocycles. The van der Waals surface area contributed by atoms with Crippen LogP contribution in [0.25, 0.3) is 0 Å². The Hall–Kier alpha value is -1.31. The van der Waals surface area contributed by atoms with Crippen LogP contribution in [0.4, 0.5) is 10.1 Å². The van der Waals surface area contributed by atoms with Crippen LogP contribution >= 0.6 is 0 Å². The minimum absolute atomic E-state index is 0.189. The number of hydrogen-bond donors (Lipinski definition) is 1. The van der Waals surface area contributed by atoms with Gasteiger partial charge in [0.05, 0.1) is 0 Å². The predicted octanol–water partition coefficient (Wildman–Crippen LogP) is 4.37. The summed E-state index contributed by atoms with van der Waals surface area (Å²) in [7, 11) is 0. The third-order valence-electron chi connectivity index (χ3n) is 3.75. The molecule has 1 aromatic rings. The van der Waals surface area contributed by atoms with Crippen LogP contribution in [0, 0.1) is 11.2 Å². The molecular formula is C15H20FN. The zero-order valence-electron chi connectivity index (χ0n) is 10.8. The average Bonchev–Trinajstić information content (AvgIpc) is 2.51. The molecule has 0 spiro atoms. The lowest BCUT2D eigenvalue weighted by Gasteiger charge is -2.23. The van der Waals surface area contributed by atoms with Gasteiger partial charge in [-0.2, -0.15) is 0 Å². The van der Waals surface area contributed by atoms with Crippen molar-refractivity contribution in [2.75, 3.05) is 11.9 Å². The van der Waals surface area contributed by atoms with Crippen molar-refractivity contribution in [3.63, 3.8) is 0 Å². The van der Waals surface area contributed by atoms with Crippen LogP contribution in [0.5, 0.6) is 0 Å². The molecule has 0 aliphatic heterocycles. The second kappa shape index (κ2) is 4.52. The van der Waals surface area contributed by atoms with E-state index in [4.69, 9.17) is 0 Å². The van der Waals surface area contributed by atoms with E-state index < -0.39 is 0 Å². The molecule has 0 bridgehead atoms. The number of rotatable bonds is 3. The number of halogens is 1. The Kier molecular flexibility index (Phi) is 3.23. The molecule has 1 nitrogen and oxygen atoms in total. The highest BCUT2D eigenvalue weighted by molar-refractivity contribution is 5.45. The molecule has 0 heterocycles. The maximum absolute atomic E-state index is 13.0. The van der Waals surface area contributed by atoms with E-state index in [1.807, 2.05) is 6.07 Å². The van der Waals surface area contributed by atoms with E-state index in [-0.39, 0.29) is 11.2 Å². The van der Waals surface area contributed by atoms with Crippen molar-refractivity contribution in [1.29, 1.82) is 0 Å². The summed E-state index contributed by atoms with van der Waals surface area (Å²) in [6.07, 6.45) is 2.41. The van der Waals surface area contributed by atoms with Gasteiger partial charge in [-0.05, 0) is 49.0 Å². The monoisotopic (exact) mass is 233 g/mol. The topological polar surface area (TPSA) is 12.0 Å². The largest absolute Gasteiger partial charge is 0.381 e. The summed E-state index contributed by atoms with van der Waals surface area (Å²) >= 11 is 0. The second-order valence-corrected chi connectivity index (χ2v) is 5.51. The summed E-state index contributed by atoms with van der Waals surface area (Å²) in [6, 6.07) is 6.65. The minimum Gasteiger partial charge on any atom is -0.381 e. The van der Waals surface area contributed by atoms with Crippen LogP contribution in [-0.2, 0) is 0 Å². The summed E-state index contributed by atoms with van der Waals surface area (Å²) < 4.78 is 13.0. The maximum Gasteiger partial charge on any atom is 0.125 e. The van der Waals surface area contributed by atoms with Gasteiger partial charge in [0.2, 0.25) is 0 Å². The number of anilines is 1. The van der Waals surface area contributed by atoms with E-state index in [1.165, 1.54) is 36.1 Å². The molecule has 0 saturated carbocycles. The summed E-state index contributed by atoms with van der Waals surface area (Å²) in [6.45, 7) is 7.60. The van der Waals surface area contributed by atoms with Gasteiger partial charge in [-0.1, -0.05) is 25.5 Å². The molecule has 1 aromatic carbocycles. The lowest BCUT2D eigenvalue weighted by Crippen LogP contribution is -2.17. The zero-order chi connectivity index (χ0) is 12.5. The quantitative estimate of drug-likeness (QED) is 0.764. The van der Waals surface area contributed by atoms with Gasteiger partial charge in [0.25, 0.3) is 0 Å². The van der Waals surface area contributed by atoms with E-state index in [9.17, 15) is 4.39 Å². The molecule has 0 fully saturated rings. The molecule has 0 radical (unpaired) electrons. The Balaban J connectivity index is 2.06. The van der Waals surface area contributed by atoms with Crippen molar-refractivity contribution in [2.24, 2.45) is 5.41 Å². The highest BCUT2D eigenvalue weighted by atomic mass is 19.1. The van der Waals surface area contributed by atoms with Gasteiger partial charge in [-0.25, -0.2) is 4.39 Å². The van der Waals surface area contributed by atoms with E-state index in [0.29, 0.717) is 0 Å². The molecule has 2 heteroatoms. The number of benzene rings is 1. The Labute approximate surface area is 103 Å². The number of hydrogen-bond acceptors (Lipinski definition) is 1. The summed E-state index contributed by atoms with van der Waals surface area (Å²) in [5.74, 6) is -0.189. The van der Waals surface area contributed by atoms with Crippen molar-refractivity contribution in [1.82, 2.24) is 0 Å². The SMILES string of the molecule is CC1=C(CNc2cccc(F)c2)C(C)(C)CC1. The highest BCUT2D eigenvalue weighted by Crippen LogP contribution is 2.41. The maximum atomic E-state index is 13.0. The van der Waals surface area contributed by atoms with E-state index in [1.54, 1.807) is 6.07 Å². The Morgan fingerprint density at radius 3 is 2.71 bits per heavy atom. The molecule has 0 aromatic heterocycles. The van der Waals surface area contributed by atoms with Crippen molar-refractivity contribution in [3.8, 4) is 0 Å². The molecule has 2 rings (SSSR count). The van der Waals surface area contributed by atoms with Crippen LogP contribution in [0.15, 0.2) is 35.4 Å². The fraction of sp³-hybridized carbons (Fsp3) is 0.467. The van der Waals surface area contributed by atoms with Crippen LogP contribution < -0.4 is 5.32 Å². The van der Waals surface area contributed by atoms with Crippen molar-refractivity contribution in [3.05, 3.63) is 41.2 Å². The third-order valence-corrected chi connectivity index (χ3v) is 3.75. The van der Waals surface area contributed by atoms with Gasteiger partial charge < -0.3 is 5.32 Å². The van der Waals surface area contributed by atoms with Crippen LogP contribution in [0.2, 0.25) is 0 Å².